The van der Waals surface area contributed by atoms with Crippen molar-refractivity contribution in [1.29, 1.82) is 0 Å². The SMILES string of the molecule is O=C1Nc2ccccc2CCC1n1cnc2ccc(Br)cc2c1=O. The Kier molecular flexibility index (Phi) is 3.69. The molecule has 24 heavy (non-hydrogen) atoms. The van der Waals surface area contributed by atoms with Crippen molar-refractivity contribution in [2.75, 3.05) is 5.32 Å². The van der Waals surface area contributed by atoms with Gasteiger partial charge >= 0.3 is 0 Å². The molecular formula is C18H14BrN3O2. The molecule has 1 unspecified atom stereocenters. The first kappa shape index (κ1) is 15.1. The molecule has 1 aliphatic heterocycles. The second-order valence-corrected chi connectivity index (χ2v) is 6.74. The number of hydrogen-bond donors (Lipinski definition) is 1. The molecule has 1 atom stereocenters. The molecule has 5 nitrogen and oxygen atoms in total. The van der Waals surface area contributed by atoms with E-state index < -0.39 is 6.04 Å². The van der Waals surface area contributed by atoms with E-state index in [1.54, 1.807) is 12.1 Å². The molecular weight excluding hydrogens is 370 g/mol. The van der Waals surface area contributed by atoms with Gasteiger partial charge < -0.3 is 5.32 Å². The third-order valence-electron chi connectivity index (χ3n) is 4.35. The summed E-state index contributed by atoms with van der Waals surface area (Å²) < 4.78 is 2.25. The summed E-state index contributed by atoms with van der Waals surface area (Å²) in [4.78, 5) is 29.8. The van der Waals surface area contributed by atoms with Crippen molar-refractivity contribution in [1.82, 2.24) is 9.55 Å². The van der Waals surface area contributed by atoms with E-state index in [4.69, 9.17) is 0 Å². The van der Waals surface area contributed by atoms with Crippen molar-refractivity contribution in [3.63, 3.8) is 0 Å². The van der Waals surface area contributed by atoms with Gasteiger partial charge in [-0.25, -0.2) is 4.98 Å². The molecule has 4 rings (SSSR count). The lowest BCUT2D eigenvalue weighted by molar-refractivity contribution is -0.119. The lowest BCUT2D eigenvalue weighted by atomic mass is 10.1. The van der Waals surface area contributed by atoms with Gasteiger partial charge in [0.05, 0.1) is 17.2 Å². The molecule has 1 N–H and O–H groups in total. The molecule has 2 heterocycles. The number of para-hydroxylation sites is 1. The average molecular weight is 384 g/mol. The highest BCUT2D eigenvalue weighted by Crippen LogP contribution is 2.26. The number of nitrogens with zero attached hydrogens (tertiary/aromatic N) is 2. The third-order valence-corrected chi connectivity index (χ3v) is 4.84. The van der Waals surface area contributed by atoms with Gasteiger partial charge in [0.1, 0.15) is 6.04 Å². The summed E-state index contributed by atoms with van der Waals surface area (Å²) in [5.41, 5.74) is 2.32. The number of fused-ring (bicyclic) bond motifs is 2. The molecule has 0 fully saturated rings. The molecule has 0 spiro atoms. The van der Waals surface area contributed by atoms with Crippen LogP contribution >= 0.6 is 15.9 Å². The predicted molar refractivity (Wildman–Crippen MR) is 96.1 cm³/mol. The highest BCUT2D eigenvalue weighted by atomic mass is 79.9. The van der Waals surface area contributed by atoms with Gasteiger partial charge in [-0.15, -0.1) is 0 Å². The summed E-state index contributed by atoms with van der Waals surface area (Å²) >= 11 is 3.38. The summed E-state index contributed by atoms with van der Waals surface area (Å²) in [6, 6.07) is 12.5. The fourth-order valence-electron chi connectivity index (χ4n) is 3.10. The van der Waals surface area contributed by atoms with Crippen LogP contribution in [0.3, 0.4) is 0 Å². The maximum absolute atomic E-state index is 12.8. The van der Waals surface area contributed by atoms with Gasteiger partial charge in [-0.1, -0.05) is 34.1 Å². The third kappa shape index (κ3) is 2.53. The van der Waals surface area contributed by atoms with Crippen LogP contribution in [0.15, 0.2) is 58.1 Å². The molecule has 1 aromatic heterocycles. The Balaban J connectivity index is 1.79. The monoisotopic (exact) mass is 383 g/mol. The van der Waals surface area contributed by atoms with E-state index in [2.05, 4.69) is 26.2 Å². The number of carbonyl (C=O) groups excluding carboxylic acids is 1. The number of benzene rings is 2. The number of aromatic nitrogens is 2. The van der Waals surface area contributed by atoms with Crippen LogP contribution in [0.5, 0.6) is 0 Å². The molecule has 1 amide bonds. The molecule has 6 heteroatoms. The molecule has 3 aromatic rings. The van der Waals surface area contributed by atoms with Crippen LogP contribution in [-0.2, 0) is 11.2 Å². The smallest absolute Gasteiger partial charge is 0.261 e. The highest BCUT2D eigenvalue weighted by Gasteiger charge is 2.26. The summed E-state index contributed by atoms with van der Waals surface area (Å²) in [6.07, 6.45) is 2.76. The minimum atomic E-state index is -0.569. The molecule has 1 aliphatic rings. The normalized spacial score (nSPS) is 17.2. The first-order valence-electron chi connectivity index (χ1n) is 7.68. The fourth-order valence-corrected chi connectivity index (χ4v) is 3.46. The Hall–Kier alpha value is -2.47. The summed E-state index contributed by atoms with van der Waals surface area (Å²) in [5, 5.41) is 3.42. The van der Waals surface area contributed by atoms with Crippen LogP contribution < -0.4 is 10.9 Å². The van der Waals surface area contributed by atoms with Crippen molar-refractivity contribution in [2.24, 2.45) is 0 Å². The van der Waals surface area contributed by atoms with Crippen molar-refractivity contribution in [3.05, 3.63) is 69.2 Å². The zero-order valence-corrected chi connectivity index (χ0v) is 14.3. The maximum atomic E-state index is 12.8. The number of amides is 1. The van der Waals surface area contributed by atoms with E-state index in [1.165, 1.54) is 10.9 Å². The van der Waals surface area contributed by atoms with Gasteiger partial charge in [0.25, 0.3) is 5.56 Å². The van der Waals surface area contributed by atoms with E-state index in [0.717, 1.165) is 22.1 Å². The van der Waals surface area contributed by atoms with E-state index in [0.29, 0.717) is 17.3 Å². The van der Waals surface area contributed by atoms with Crippen LogP contribution in [0.25, 0.3) is 10.9 Å². The van der Waals surface area contributed by atoms with Crippen LogP contribution in [0.2, 0.25) is 0 Å². The number of hydrogen-bond acceptors (Lipinski definition) is 3. The molecule has 2 aromatic carbocycles. The minimum Gasteiger partial charge on any atom is -0.324 e. The van der Waals surface area contributed by atoms with E-state index >= 15 is 0 Å². The Bertz CT molecular complexity index is 1010. The molecule has 0 aliphatic carbocycles. The van der Waals surface area contributed by atoms with Crippen molar-refractivity contribution in [2.45, 2.75) is 18.9 Å². The quantitative estimate of drug-likeness (QED) is 0.701. The van der Waals surface area contributed by atoms with Crippen LogP contribution in [0.4, 0.5) is 5.69 Å². The number of anilines is 1. The zero-order valence-electron chi connectivity index (χ0n) is 12.7. The van der Waals surface area contributed by atoms with Gasteiger partial charge in [-0.3, -0.25) is 14.2 Å². The van der Waals surface area contributed by atoms with Crippen molar-refractivity contribution >= 4 is 38.4 Å². The standard InChI is InChI=1S/C18H14BrN3O2/c19-12-6-7-15-13(9-12)18(24)22(10-20-15)16-8-5-11-3-1-2-4-14(11)21-17(16)23/h1-4,6-7,9-10,16H,5,8H2,(H,21,23). The molecule has 120 valence electrons. The molecule has 0 bridgehead atoms. The van der Waals surface area contributed by atoms with E-state index in [1.807, 2.05) is 30.3 Å². The topological polar surface area (TPSA) is 64.0 Å². The number of nitrogens with one attached hydrogen (secondary N) is 1. The summed E-state index contributed by atoms with van der Waals surface area (Å²) in [7, 11) is 0. The summed E-state index contributed by atoms with van der Waals surface area (Å²) in [5.74, 6) is -0.182. The minimum absolute atomic E-state index is 0.182. The number of rotatable bonds is 1. The number of aryl methyl sites for hydroxylation is 1. The van der Waals surface area contributed by atoms with Gasteiger partial charge in [0, 0.05) is 10.2 Å². The molecule has 0 radical (unpaired) electrons. The van der Waals surface area contributed by atoms with Gasteiger partial charge in [-0.05, 0) is 42.7 Å². The second kappa shape index (κ2) is 5.87. The number of halogens is 1. The predicted octanol–water partition coefficient (Wildman–Crippen LogP) is 3.29. The first-order chi connectivity index (χ1) is 11.6. The molecule has 0 saturated heterocycles. The second-order valence-electron chi connectivity index (χ2n) is 5.82. The summed E-state index contributed by atoms with van der Waals surface area (Å²) in [6.45, 7) is 0. The number of carbonyl (C=O) groups is 1. The Morgan fingerprint density at radius 1 is 1.17 bits per heavy atom. The van der Waals surface area contributed by atoms with Crippen LogP contribution in [0, 0.1) is 0 Å². The largest absolute Gasteiger partial charge is 0.324 e. The lowest BCUT2D eigenvalue weighted by Crippen LogP contribution is -2.32. The highest BCUT2D eigenvalue weighted by molar-refractivity contribution is 9.10. The van der Waals surface area contributed by atoms with Crippen molar-refractivity contribution < 1.29 is 4.79 Å². The van der Waals surface area contributed by atoms with Crippen molar-refractivity contribution in [3.8, 4) is 0 Å². The maximum Gasteiger partial charge on any atom is 0.261 e. The van der Waals surface area contributed by atoms with Crippen LogP contribution in [-0.4, -0.2) is 15.5 Å². The zero-order chi connectivity index (χ0) is 16.7. The average Bonchev–Trinajstić information content (AvgIpc) is 2.74. The van der Waals surface area contributed by atoms with Crippen LogP contribution in [0.1, 0.15) is 18.0 Å². The lowest BCUT2D eigenvalue weighted by Gasteiger charge is -2.16. The Morgan fingerprint density at radius 2 is 2.00 bits per heavy atom. The van der Waals surface area contributed by atoms with Gasteiger partial charge in [-0.2, -0.15) is 0 Å². The molecule has 0 saturated carbocycles. The Morgan fingerprint density at radius 3 is 2.88 bits per heavy atom. The van der Waals surface area contributed by atoms with E-state index in [9.17, 15) is 9.59 Å². The fraction of sp³-hybridized carbons (Fsp3) is 0.167. The Labute approximate surface area is 146 Å². The van der Waals surface area contributed by atoms with E-state index in [-0.39, 0.29) is 11.5 Å². The first-order valence-corrected chi connectivity index (χ1v) is 8.48. The van der Waals surface area contributed by atoms with Gasteiger partial charge in [0.2, 0.25) is 5.91 Å². The van der Waals surface area contributed by atoms with Gasteiger partial charge in [0.15, 0.2) is 0 Å².